The van der Waals surface area contributed by atoms with Gasteiger partial charge in [0.15, 0.2) is 0 Å². The minimum absolute atomic E-state index is 0.0453. The number of nitrogens with one attached hydrogen (secondary N) is 1. The molecule has 0 radical (unpaired) electrons. The van der Waals surface area contributed by atoms with Gasteiger partial charge < -0.3 is 4.74 Å². The fourth-order valence-corrected chi connectivity index (χ4v) is 4.00. The van der Waals surface area contributed by atoms with Gasteiger partial charge in [-0.25, -0.2) is 21.9 Å². The van der Waals surface area contributed by atoms with E-state index in [2.05, 4.69) is 20.7 Å². The highest BCUT2D eigenvalue weighted by Crippen LogP contribution is 2.29. The Kier molecular flexibility index (Phi) is 5.38. The first-order chi connectivity index (χ1) is 10.7. The van der Waals surface area contributed by atoms with Crippen LogP contribution in [0.3, 0.4) is 0 Å². The molecule has 0 fully saturated rings. The van der Waals surface area contributed by atoms with Crippen molar-refractivity contribution in [3.63, 3.8) is 0 Å². The van der Waals surface area contributed by atoms with Crippen LogP contribution in [0.1, 0.15) is 18.5 Å². The number of benzene rings is 2. The molecule has 0 saturated heterocycles. The minimum atomic E-state index is -3.97. The lowest BCUT2D eigenvalue weighted by molar-refractivity contribution is 0.402. The quantitative estimate of drug-likeness (QED) is 0.823. The Morgan fingerprint density at radius 2 is 1.87 bits per heavy atom. The summed E-state index contributed by atoms with van der Waals surface area (Å²) in [6.07, 6.45) is 0. The molecule has 2 aromatic carbocycles. The van der Waals surface area contributed by atoms with Crippen LogP contribution >= 0.6 is 15.9 Å². The van der Waals surface area contributed by atoms with Gasteiger partial charge in [0.1, 0.15) is 22.3 Å². The summed E-state index contributed by atoms with van der Waals surface area (Å²) >= 11 is 3.20. The molecule has 2 rings (SSSR count). The first-order valence-corrected chi connectivity index (χ1v) is 8.83. The van der Waals surface area contributed by atoms with Gasteiger partial charge in [-0.05, 0) is 31.2 Å². The van der Waals surface area contributed by atoms with Crippen LogP contribution in [0.25, 0.3) is 0 Å². The average Bonchev–Trinajstić information content (AvgIpc) is 2.46. The van der Waals surface area contributed by atoms with Crippen LogP contribution < -0.4 is 9.46 Å². The third kappa shape index (κ3) is 4.07. The Morgan fingerprint density at radius 1 is 1.17 bits per heavy atom. The lowest BCUT2D eigenvalue weighted by Crippen LogP contribution is -2.28. The first-order valence-electron chi connectivity index (χ1n) is 6.55. The molecule has 0 spiro atoms. The van der Waals surface area contributed by atoms with Crippen molar-refractivity contribution >= 4 is 26.0 Å². The zero-order valence-electron chi connectivity index (χ0n) is 12.3. The number of methoxy groups -OCH3 is 1. The largest absolute Gasteiger partial charge is 0.495 e. The summed E-state index contributed by atoms with van der Waals surface area (Å²) in [4.78, 5) is -0.0799. The van der Waals surface area contributed by atoms with E-state index in [1.807, 2.05) is 0 Å². The van der Waals surface area contributed by atoms with E-state index in [9.17, 15) is 17.2 Å². The highest BCUT2D eigenvalue weighted by molar-refractivity contribution is 9.10. The molecule has 2 aromatic rings. The number of hydrogen-bond donors (Lipinski definition) is 1. The van der Waals surface area contributed by atoms with Gasteiger partial charge in [-0.3, -0.25) is 0 Å². The van der Waals surface area contributed by atoms with Crippen molar-refractivity contribution in [2.24, 2.45) is 0 Å². The van der Waals surface area contributed by atoms with E-state index in [0.717, 1.165) is 6.07 Å². The van der Waals surface area contributed by atoms with Crippen LogP contribution in [0.15, 0.2) is 45.8 Å². The van der Waals surface area contributed by atoms with Crippen LogP contribution in [0, 0.1) is 11.6 Å². The fourth-order valence-electron chi connectivity index (χ4n) is 2.07. The fraction of sp³-hybridized carbons (Fsp3) is 0.200. The molecular weight excluding hydrogens is 392 g/mol. The monoisotopic (exact) mass is 405 g/mol. The Hall–Kier alpha value is -1.51. The van der Waals surface area contributed by atoms with Gasteiger partial charge in [0, 0.05) is 22.1 Å². The molecule has 0 saturated carbocycles. The molecule has 23 heavy (non-hydrogen) atoms. The molecule has 0 heterocycles. The summed E-state index contributed by atoms with van der Waals surface area (Å²) in [5.74, 6) is -1.39. The van der Waals surface area contributed by atoms with Crippen molar-refractivity contribution in [3.8, 4) is 5.75 Å². The minimum Gasteiger partial charge on any atom is -0.495 e. The highest BCUT2D eigenvalue weighted by Gasteiger charge is 2.24. The predicted molar refractivity (Wildman–Crippen MR) is 85.8 cm³/mol. The number of hydrogen-bond acceptors (Lipinski definition) is 3. The topological polar surface area (TPSA) is 55.4 Å². The molecule has 8 heteroatoms. The molecule has 0 amide bonds. The third-order valence-corrected chi connectivity index (χ3v) is 5.23. The normalized spacial score (nSPS) is 12.9. The maximum absolute atomic E-state index is 13.8. The number of halogens is 3. The van der Waals surface area contributed by atoms with E-state index < -0.39 is 27.7 Å². The van der Waals surface area contributed by atoms with Gasteiger partial charge in [-0.15, -0.1) is 0 Å². The predicted octanol–water partition coefficient (Wildman–Crippen LogP) is 3.78. The van der Waals surface area contributed by atoms with Gasteiger partial charge in [0.05, 0.1) is 7.11 Å². The molecule has 0 aliphatic rings. The van der Waals surface area contributed by atoms with E-state index in [0.29, 0.717) is 10.5 Å². The molecule has 124 valence electrons. The Morgan fingerprint density at radius 3 is 2.48 bits per heavy atom. The van der Waals surface area contributed by atoms with E-state index in [4.69, 9.17) is 4.74 Å². The third-order valence-electron chi connectivity index (χ3n) is 3.18. The van der Waals surface area contributed by atoms with Gasteiger partial charge in [-0.1, -0.05) is 22.0 Å². The second kappa shape index (κ2) is 6.94. The van der Waals surface area contributed by atoms with Crippen molar-refractivity contribution in [1.82, 2.24) is 4.72 Å². The van der Waals surface area contributed by atoms with Crippen molar-refractivity contribution in [1.29, 1.82) is 0 Å². The van der Waals surface area contributed by atoms with Crippen molar-refractivity contribution in [3.05, 3.63) is 58.1 Å². The van der Waals surface area contributed by atoms with Crippen molar-refractivity contribution in [2.75, 3.05) is 7.11 Å². The van der Waals surface area contributed by atoms with Gasteiger partial charge >= 0.3 is 0 Å². The molecule has 0 bridgehead atoms. The maximum Gasteiger partial charge on any atom is 0.244 e. The molecule has 0 aliphatic heterocycles. The summed E-state index contributed by atoms with van der Waals surface area (Å²) in [6, 6.07) is 6.63. The maximum atomic E-state index is 13.8. The number of rotatable bonds is 5. The number of ether oxygens (including phenoxy) is 1. The molecule has 0 aliphatic carbocycles. The van der Waals surface area contributed by atoms with E-state index >= 15 is 0 Å². The highest BCUT2D eigenvalue weighted by atomic mass is 79.9. The molecule has 1 N–H and O–H groups in total. The van der Waals surface area contributed by atoms with Gasteiger partial charge in [-0.2, -0.15) is 0 Å². The van der Waals surface area contributed by atoms with Crippen LogP contribution in [-0.4, -0.2) is 15.5 Å². The van der Waals surface area contributed by atoms with E-state index in [1.54, 1.807) is 6.07 Å². The molecular formula is C15H14BrF2NO3S. The number of sulfonamides is 1. The second-order valence-corrected chi connectivity index (χ2v) is 7.40. The molecule has 1 atom stereocenters. The SMILES string of the molecule is COc1ccc(Br)cc1S(=O)(=O)N[C@@H](C)c1ccc(F)cc1F. The smallest absolute Gasteiger partial charge is 0.244 e. The summed E-state index contributed by atoms with van der Waals surface area (Å²) in [6.45, 7) is 1.47. The summed E-state index contributed by atoms with van der Waals surface area (Å²) in [5, 5.41) is 0. The van der Waals surface area contributed by atoms with Crippen molar-refractivity contribution < 1.29 is 21.9 Å². The average molecular weight is 406 g/mol. The zero-order chi connectivity index (χ0) is 17.2. The Labute approximate surface area is 141 Å². The van der Waals surface area contributed by atoms with Crippen LogP contribution in [0.4, 0.5) is 8.78 Å². The lowest BCUT2D eigenvalue weighted by atomic mass is 10.1. The summed E-state index contributed by atoms with van der Waals surface area (Å²) in [7, 11) is -2.61. The summed E-state index contributed by atoms with van der Waals surface area (Å²) < 4.78 is 59.7. The van der Waals surface area contributed by atoms with Crippen LogP contribution in [-0.2, 0) is 10.0 Å². The Bertz CT molecular complexity index is 827. The van der Waals surface area contributed by atoms with Gasteiger partial charge in [0.2, 0.25) is 10.0 Å². The van der Waals surface area contributed by atoms with Gasteiger partial charge in [0.25, 0.3) is 0 Å². The molecule has 0 aromatic heterocycles. The lowest BCUT2D eigenvalue weighted by Gasteiger charge is -2.17. The van der Waals surface area contributed by atoms with Crippen molar-refractivity contribution in [2.45, 2.75) is 17.9 Å². The standard InChI is InChI=1S/C15H14BrF2NO3S/c1-9(12-5-4-11(17)8-13(12)18)19-23(20,21)15-7-10(16)3-6-14(15)22-2/h3-9,19H,1-2H3/t9-/m0/s1. The van der Waals surface area contributed by atoms with E-state index in [1.165, 1.54) is 32.2 Å². The Balaban J connectivity index is 2.36. The van der Waals surface area contributed by atoms with E-state index in [-0.39, 0.29) is 16.2 Å². The second-order valence-electron chi connectivity index (χ2n) is 4.80. The molecule has 0 unspecified atom stereocenters. The van der Waals surface area contributed by atoms with Crippen LogP contribution in [0.2, 0.25) is 0 Å². The first kappa shape index (κ1) is 17.8. The zero-order valence-corrected chi connectivity index (χ0v) is 14.7. The summed E-state index contributed by atoms with van der Waals surface area (Å²) in [5.41, 5.74) is 0.0453. The van der Waals surface area contributed by atoms with Crippen LogP contribution in [0.5, 0.6) is 5.75 Å². The molecule has 4 nitrogen and oxygen atoms in total.